The summed E-state index contributed by atoms with van der Waals surface area (Å²) in [6.45, 7) is 17.5. The van der Waals surface area contributed by atoms with E-state index in [9.17, 15) is 47.8 Å². The Morgan fingerprint density at radius 1 is 0.724 bits per heavy atom. The molecule has 18 nitrogen and oxygen atoms in total. The Morgan fingerprint density at radius 2 is 1.22 bits per heavy atom. The second-order valence-corrected chi connectivity index (χ2v) is 22.1. The zero-order chi connectivity index (χ0) is 46.0. The minimum absolute atomic E-state index is 0.0257. The maximum absolute atomic E-state index is 11.6. The maximum Gasteiger partial charge on any atom is 0.302 e. The van der Waals surface area contributed by atoms with Crippen LogP contribution in [0.5, 0.6) is 0 Å². The van der Waals surface area contributed by atoms with Gasteiger partial charge >= 0.3 is 5.97 Å². The number of esters is 1. The third kappa shape index (κ3) is 31.8. The third-order valence-corrected chi connectivity index (χ3v) is 11.7. The molecule has 0 aliphatic heterocycles. The number of pyridine rings is 1. The van der Waals surface area contributed by atoms with Crippen LogP contribution >= 0.6 is 0 Å². The van der Waals surface area contributed by atoms with E-state index in [4.69, 9.17) is 18.4 Å². The lowest BCUT2D eigenvalue weighted by molar-refractivity contribution is -0.702. The first-order valence-corrected chi connectivity index (χ1v) is 23.9. The highest BCUT2D eigenvalue weighted by Gasteiger charge is 2.34. The van der Waals surface area contributed by atoms with Crippen molar-refractivity contribution in [3.63, 3.8) is 0 Å². The Bertz CT molecular complexity index is 1990. The molecule has 1 aromatic carbocycles. The van der Waals surface area contributed by atoms with Crippen molar-refractivity contribution in [1.29, 1.82) is 0 Å². The predicted octanol–water partition coefficient (Wildman–Crippen LogP) is 3.48. The smallest absolute Gasteiger partial charge is 0.302 e. The summed E-state index contributed by atoms with van der Waals surface area (Å²) in [7, 11) is -14.4. The number of carbonyl (C=O) groups excluding carboxylic acids is 2. The molecular formula is C36H63N2O16S4+. The molecule has 58 heavy (non-hydrogen) atoms. The first-order chi connectivity index (χ1) is 25.9. The molecule has 1 amide bonds. The van der Waals surface area contributed by atoms with Crippen LogP contribution in [0.1, 0.15) is 78.6 Å². The van der Waals surface area contributed by atoms with E-state index < -0.39 is 68.3 Å². The van der Waals surface area contributed by atoms with Gasteiger partial charge in [-0.1, -0.05) is 71.9 Å². The largest absolute Gasteiger partial charge is 0.465 e. The molecule has 1 heterocycles. The van der Waals surface area contributed by atoms with Crippen molar-refractivity contribution in [2.24, 2.45) is 16.2 Å². The highest BCUT2D eigenvalue weighted by molar-refractivity contribution is 7.86. The fourth-order valence-electron chi connectivity index (χ4n) is 5.03. The van der Waals surface area contributed by atoms with Gasteiger partial charge in [0.15, 0.2) is 18.4 Å². The van der Waals surface area contributed by atoms with E-state index in [1.807, 2.05) is 55.8 Å². The number of hydrogen-bond donors (Lipinski definition) is 5. The van der Waals surface area contributed by atoms with Gasteiger partial charge in [0.2, 0.25) is 5.91 Å². The average molecular weight is 908 g/mol. The van der Waals surface area contributed by atoms with Crippen LogP contribution in [0.2, 0.25) is 0 Å². The number of ether oxygens (including phenoxy) is 2. The van der Waals surface area contributed by atoms with Crippen LogP contribution in [0.4, 0.5) is 0 Å². The summed E-state index contributed by atoms with van der Waals surface area (Å²) < 4.78 is 133. The molecule has 0 aliphatic rings. The molecule has 336 valence electrons. The quantitative estimate of drug-likeness (QED) is 0.0863. The summed E-state index contributed by atoms with van der Waals surface area (Å²) in [6.07, 6.45) is 2.15. The molecule has 5 N–H and O–H groups in total. The van der Waals surface area contributed by atoms with Gasteiger partial charge in [0.05, 0.1) is 24.7 Å². The lowest BCUT2D eigenvalue weighted by atomic mass is 9.88. The van der Waals surface area contributed by atoms with Gasteiger partial charge in [0.25, 0.3) is 40.5 Å². The lowest BCUT2D eigenvalue weighted by Gasteiger charge is -2.26. The number of carbonyl (C=O) groups is 2. The topological polar surface area (TPSA) is 286 Å². The molecule has 1 unspecified atom stereocenters. The number of nitrogens with zero attached hydrogens (tertiary/aromatic N) is 1. The fourth-order valence-corrected chi connectivity index (χ4v) is 8.91. The second-order valence-electron chi connectivity index (χ2n) is 16.1. The average Bonchev–Trinajstić information content (AvgIpc) is 2.99. The molecule has 0 radical (unpaired) electrons. The Balaban J connectivity index is 0. The van der Waals surface area contributed by atoms with Crippen molar-refractivity contribution in [3.8, 4) is 0 Å². The monoisotopic (exact) mass is 907 g/mol. The van der Waals surface area contributed by atoms with Crippen molar-refractivity contribution >= 4 is 52.3 Å². The summed E-state index contributed by atoms with van der Waals surface area (Å²) in [5.41, 5.74) is 0.720. The Kier molecular flexibility index (Phi) is 23.8. The highest BCUT2D eigenvalue weighted by atomic mass is 32.2. The summed E-state index contributed by atoms with van der Waals surface area (Å²) >= 11 is 0. The molecule has 1 atom stereocenters. The van der Waals surface area contributed by atoms with Gasteiger partial charge in [-0.2, -0.15) is 33.7 Å². The van der Waals surface area contributed by atoms with Crippen molar-refractivity contribution in [3.05, 3.63) is 65.5 Å². The molecule has 1 aromatic heterocycles. The zero-order valence-corrected chi connectivity index (χ0v) is 38.4. The molecule has 0 spiro atoms. The summed E-state index contributed by atoms with van der Waals surface area (Å²) in [5, 5.41) is 1.65. The minimum Gasteiger partial charge on any atom is -0.465 e. The zero-order valence-electron chi connectivity index (χ0n) is 35.1. The van der Waals surface area contributed by atoms with E-state index >= 15 is 0 Å². The van der Waals surface area contributed by atoms with Gasteiger partial charge in [0, 0.05) is 52.0 Å². The van der Waals surface area contributed by atoms with Gasteiger partial charge in [-0.25, -0.2) is 4.57 Å². The molecule has 0 fully saturated rings. The third-order valence-electron chi connectivity index (χ3n) is 7.53. The number of nitrogens with one attached hydrogen (secondary N) is 1. The van der Waals surface area contributed by atoms with Gasteiger partial charge in [-0.3, -0.25) is 27.8 Å². The number of methoxy groups -OCH3 is 1. The SMILES string of the molecule is CC(=O)NCC(C)(C)CS(=O)(=O)O.CC(=O)OCC(C)(C)CS(=O)(=O)O.COCC(C)(C)CC(C[n+]1ccccc1C)S(=O)(=O)O.Cc1ccccc1CS(=O)(=O)O. The number of amides is 1. The number of rotatable bonds is 17. The van der Waals surface area contributed by atoms with Gasteiger partial charge in [-0.05, 0) is 35.3 Å². The molecule has 2 rings (SSSR count). The Hall–Kier alpha value is -3.09. The lowest BCUT2D eigenvalue weighted by Crippen LogP contribution is -2.46. The maximum atomic E-state index is 11.6. The van der Waals surface area contributed by atoms with Crippen LogP contribution in [-0.4, -0.2) is 107 Å². The molecule has 0 saturated carbocycles. The minimum atomic E-state index is -4.11. The van der Waals surface area contributed by atoms with Crippen LogP contribution in [0, 0.1) is 30.1 Å². The fraction of sp³-hybridized carbons (Fsp3) is 0.639. The molecule has 22 heteroatoms. The summed E-state index contributed by atoms with van der Waals surface area (Å²) in [6, 6.07) is 12.7. The number of aromatic nitrogens is 1. The van der Waals surface area contributed by atoms with Crippen LogP contribution in [0.3, 0.4) is 0 Å². The van der Waals surface area contributed by atoms with Crippen molar-refractivity contribution in [2.75, 3.05) is 38.4 Å². The Labute approximate surface area is 345 Å². The van der Waals surface area contributed by atoms with Gasteiger partial charge in [0.1, 0.15) is 11.0 Å². The van der Waals surface area contributed by atoms with Crippen molar-refractivity contribution in [2.45, 2.75) is 93.2 Å². The van der Waals surface area contributed by atoms with Gasteiger partial charge < -0.3 is 14.8 Å². The second kappa shape index (κ2) is 24.2. The first-order valence-electron chi connectivity index (χ1n) is 17.6. The van der Waals surface area contributed by atoms with Crippen LogP contribution in [0.15, 0.2) is 48.7 Å². The first kappa shape index (κ1) is 57.0. The van der Waals surface area contributed by atoms with E-state index in [1.165, 1.54) is 13.8 Å². The summed E-state index contributed by atoms with van der Waals surface area (Å²) in [4.78, 5) is 21.0. The number of hydrogen-bond acceptors (Lipinski definition) is 12. The van der Waals surface area contributed by atoms with E-state index in [0.717, 1.165) is 11.3 Å². The molecule has 2 aromatic rings. The van der Waals surface area contributed by atoms with E-state index in [2.05, 4.69) is 10.1 Å². The number of aryl methyl sites for hydroxylation is 2. The van der Waals surface area contributed by atoms with Crippen LogP contribution in [0.25, 0.3) is 0 Å². The normalized spacial score (nSPS) is 12.9. The van der Waals surface area contributed by atoms with Crippen LogP contribution in [-0.2, 0) is 71.8 Å². The number of benzene rings is 1. The molecule has 0 aliphatic carbocycles. The summed E-state index contributed by atoms with van der Waals surface area (Å²) in [5.74, 6) is -1.78. The van der Waals surface area contributed by atoms with E-state index in [-0.39, 0.29) is 42.5 Å². The molecule has 0 saturated heterocycles. The van der Waals surface area contributed by atoms with Crippen molar-refractivity contribution < 1.29 is 75.5 Å². The predicted molar refractivity (Wildman–Crippen MR) is 219 cm³/mol. The highest BCUT2D eigenvalue weighted by Crippen LogP contribution is 2.26. The molecular weight excluding hydrogens is 845 g/mol. The van der Waals surface area contributed by atoms with Crippen molar-refractivity contribution in [1.82, 2.24) is 5.32 Å². The van der Waals surface area contributed by atoms with Crippen LogP contribution < -0.4 is 9.88 Å². The standard InChI is InChI=1S/C14H23NO4S.C8H10O3S.C7H15NO4S.C7H14O5S/c1-12-7-5-6-8-15(12)10-13(20(16,17)18)9-14(2,3)11-19-4;1-7-4-2-3-5-8(7)6-12(9,10)11;1-6(9)8-4-7(2,3)5-13(10,11)12;1-6(8)12-4-7(2,3)5-13(9,10)11/h5-8,13H,9-11H2,1-4H3;2-5H,6H2,1H3,(H,9,10,11);4-5H2,1-3H3,(H,8,9)(H,10,11,12);4-5H2,1-3H3,(H,9,10,11)/p+1. The Morgan fingerprint density at radius 3 is 1.64 bits per heavy atom. The van der Waals surface area contributed by atoms with E-state index in [0.29, 0.717) is 18.6 Å². The van der Waals surface area contributed by atoms with Gasteiger partial charge in [-0.15, -0.1) is 0 Å². The van der Waals surface area contributed by atoms with E-state index in [1.54, 1.807) is 59.9 Å². The molecule has 0 bridgehead atoms.